The lowest BCUT2D eigenvalue weighted by Crippen LogP contribution is -2.32. The van der Waals surface area contributed by atoms with Gasteiger partial charge in [0.05, 0.1) is 17.4 Å². The van der Waals surface area contributed by atoms with E-state index in [1.54, 1.807) is 18.2 Å². The molecule has 7 nitrogen and oxygen atoms in total. The van der Waals surface area contributed by atoms with Crippen LogP contribution in [0, 0.1) is 0 Å². The Bertz CT molecular complexity index is 1220. The van der Waals surface area contributed by atoms with Gasteiger partial charge in [0.25, 0.3) is 0 Å². The van der Waals surface area contributed by atoms with Crippen LogP contribution in [0.2, 0.25) is 5.02 Å². The molecule has 0 aliphatic heterocycles. The smallest absolute Gasteiger partial charge is 0.350 e. The number of hydrogen-bond acceptors (Lipinski definition) is 3. The molecular formula is C16H12ClN5O2. The molecule has 0 aliphatic rings. The van der Waals surface area contributed by atoms with Crippen molar-refractivity contribution in [3.05, 3.63) is 68.1 Å². The van der Waals surface area contributed by atoms with Gasteiger partial charge in [0.2, 0.25) is 0 Å². The van der Waals surface area contributed by atoms with Crippen molar-refractivity contribution in [2.75, 3.05) is 0 Å². The molecule has 4 rings (SSSR count). The topological polar surface area (TPSA) is 87.9 Å². The van der Waals surface area contributed by atoms with Gasteiger partial charge in [-0.2, -0.15) is 5.10 Å². The molecule has 0 saturated heterocycles. The Hall–Kier alpha value is -3.06. The van der Waals surface area contributed by atoms with E-state index in [0.29, 0.717) is 21.4 Å². The largest absolute Gasteiger partial charge is 0.350 e. The van der Waals surface area contributed by atoms with Gasteiger partial charge in [0.1, 0.15) is 5.52 Å². The van der Waals surface area contributed by atoms with Crippen molar-refractivity contribution < 1.29 is 0 Å². The summed E-state index contributed by atoms with van der Waals surface area (Å²) in [5.74, 6) is 0. The maximum absolute atomic E-state index is 12.6. The lowest BCUT2D eigenvalue weighted by atomic mass is 10.2. The first kappa shape index (κ1) is 14.5. The van der Waals surface area contributed by atoms with Gasteiger partial charge >= 0.3 is 11.2 Å². The standard InChI is InChI=1S/C16H12ClN5O2/c1-21-6-2-3-10(21)8-18-22-15(23)14-13(20-16(22)24)11-7-9(17)4-5-12(11)19-14/h2-8,19H,1H3,(H,20,24). The molecule has 0 radical (unpaired) electrons. The minimum Gasteiger partial charge on any atom is -0.350 e. The third kappa shape index (κ3) is 2.17. The van der Waals surface area contributed by atoms with Gasteiger partial charge in [-0.05, 0) is 30.3 Å². The van der Waals surface area contributed by atoms with Gasteiger partial charge in [0.15, 0.2) is 0 Å². The normalized spacial score (nSPS) is 11.9. The third-order valence-electron chi connectivity index (χ3n) is 3.88. The highest BCUT2D eigenvalue weighted by molar-refractivity contribution is 6.31. The van der Waals surface area contributed by atoms with Crippen molar-refractivity contribution in [3.8, 4) is 0 Å². The number of benzene rings is 1. The van der Waals surface area contributed by atoms with Crippen molar-refractivity contribution >= 4 is 39.8 Å². The van der Waals surface area contributed by atoms with Gasteiger partial charge in [-0.3, -0.25) is 4.79 Å². The monoisotopic (exact) mass is 341 g/mol. The highest BCUT2D eigenvalue weighted by atomic mass is 35.5. The van der Waals surface area contributed by atoms with Crippen LogP contribution in [0.15, 0.2) is 51.2 Å². The number of rotatable bonds is 2. The molecule has 0 atom stereocenters. The number of aromatic nitrogens is 4. The van der Waals surface area contributed by atoms with Gasteiger partial charge < -0.3 is 14.5 Å². The van der Waals surface area contributed by atoms with E-state index in [1.165, 1.54) is 6.21 Å². The number of halogens is 1. The SMILES string of the molecule is Cn1cccc1C=Nn1c(=O)[nH]c2c([nH]c3ccc(Cl)cc32)c1=O. The van der Waals surface area contributed by atoms with E-state index < -0.39 is 11.2 Å². The number of hydrogen-bond donors (Lipinski definition) is 2. The summed E-state index contributed by atoms with van der Waals surface area (Å²) in [6.45, 7) is 0. The molecule has 3 heterocycles. The van der Waals surface area contributed by atoms with Crippen LogP contribution in [0.5, 0.6) is 0 Å². The van der Waals surface area contributed by atoms with Gasteiger partial charge in [-0.15, -0.1) is 4.68 Å². The molecule has 8 heteroatoms. The van der Waals surface area contributed by atoms with Crippen molar-refractivity contribution in [3.63, 3.8) is 0 Å². The summed E-state index contributed by atoms with van der Waals surface area (Å²) in [4.78, 5) is 30.6. The summed E-state index contributed by atoms with van der Waals surface area (Å²) in [5, 5.41) is 5.22. The zero-order valence-corrected chi connectivity index (χ0v) is 13.3. The molecule has 0 saturated carbocycles. The molecule has 0 aliphatic carbocycles. The number of nitrogens with zero attached hydrogens (tertiary/aromatic N) is 3. The second-order valence-corrected chi connectivity index (χ2v) is 5.84. The summed E-state index contributed by atoms with van der Waals surface area (Å²) in [7, 11) is 1.85. The molecule has 0 spiro atoms. The quantitative estimate of drug-likeness (QED) is 0.546. The molecule has 0 bridgehead atoms. The summed E-state index contributed by atoms with van der Waals surface area (Å²) in [5.41, 5.74) is 1.05. The fourth-order valence-corrected chi connectivity index (χ4v) is 2.81. The Kier molecular flexibility index (Phi) is 3.17. The Labute approximate surface area is 139 Å². The summed E-state index contributed by atoms with van der Waals surface area (Å²) in [6, 6.07) is 8.84. The van der Waals surface area contributed by atoms with Crippen molar-refractivity contribution in [2.45, 2.75) is 0 Å². The van der Waals surface area contributed by atoms with E-state index in [9.17, 15) is 9.59 Å². The first-order chi connectivity index (χ1) is 11.5. The van der Waals surface area contributed by atoms with Gasteiger partial charge in [-0.25, -0.2) is 4.79 Å². The third-order valence-corrected chi connectivity index (χ3v) is 4.12. The van der Waals surface area contributed by atoms with E-state index >= 15 is 0 Å². The van der Waals surface area contributed by atoms with E-state index in [4.69, 9.17) is 11.6 Å². The van der Waals surface area contributed by atoms with Crippen LogP contribution in [-0.2, 0) is 7.05 Å². The summed E-state index contributed by atoms with van der Waals surface area (Å²) >= 11 is 5.99. The second-order valence-electron chi connectivity index (χ2n) is 5.40. The van der Waals surface area contributed by atoms with Crippen molar-refractivity contribution in [1.29, 1.82) is 0 Å². The Morgan fingerprint density at radius 2 is 2.00 bits per heavy atom. The highest BCUT2D eigenvalue weighted by Gasteiger charge is 2.12. The average molecular weight is 342 g/mol. The fourth-order valence-electron chi connectivity index (χ4n) is 2.64. The lowest BCUT2D eigenvalue weighted by molar-refractivity contribution is 0.768. The molecular weight excluding hydrogens is 330 g/mol. The van der Waals surface area contributed by atoms with Crippen LogP contribution in [0.25, 0.3) is 21.9 Å². The maximum atomic E-state index is 12.6. The molecule has 24 heavy (non-hydrogen) atoms. The van der Waals surface area contributed by atoms with Crippen LogP contribution >= 0.6 is 11.6 Å². The first-order valence-corrected chi connectivity index (χ1v) is 7.54. The number of nitrogens with one attached hydrogen (secondary N) is 2. The second kappa shape index (κ2) is 5.24. The van der Waals surface area contributed by atoms with Crippen LogP contribution in [0.4, 0.5) is 0 Å². The zero-order chi connectivity index (χ0) is 16.8. The fraction of sp³-hybridized carbons (Fsp3) is 0.0625. The van der Waals surface area contributed by atoms with Crippen molar-refractivity contribution in [2.24, 2.45) is 12.1 Å². The van der Waals surface area contributed by atoms with Gasteiger partial charge in [0, 0.05) is 29.2 Å². The molecule has 120 valence electrons. The zero-order valence-electron chi connectivity index (χ0n) is 12.6. The molecule has 0 amide bonds. The number of H-pyrrole nitrogens is 2. The van der Waals surface area contributed by atoms with Crippen LogP contribution < -0.4 is 11.2 Å². The minimum absolute atomic E-state index is 0.274. The minimum atomic E-state index is -0.612. The molecule has 3 aromatic heterocycles. The highest BCUT2D eigenvalue weighted by Crippen LogP contribution is 2.23. The van der Waals surface area contributed by atoms with E-state index in [1.807, 2.05) is 29.9 Å². The van der Waals surface area contributed by atoms with Crippen LogP contribution in [-0.4, -0.2) is 25.4 Å². The van der Waals surface area contributed by atoms with Crippen LogP contribution in [0.1, 0.15) is 5.69 Å². The lowest BCUT2D eigenvalue weighted by Gasteiger charge is -1.99. The predicted octanol–water partition coefficient (Wildman–Crippen LogP) is 2.05. The molecule has 1 aromatic carbocycles. The summed E-state index contributed by atoms with van der Waals surface area (Å²) in [6.07, 6.45) is 3.31. The number of aryl methyl sites for hydroxylation is 1. The average Bonchev–Trinajstić information content (AvgIpc) is 3.11. The molecule has 0 fully saturated rings. The van der Waals surface area contributed by atoms with E-state index in [-0.39, 0.29) is 5.52 Å². The predicted molar refractivity (Wildman–Crippen MR) is 94.1 cm³/mol. The first-order valence-electron chi connectivity index (χ1n) is 7.16. The number of aromatic amines is 2. The van der Waals surface area contributed by atoms with Crippen LogP contribution in [0.3, 0.4) is 0 Å². The molecule has 4 aromatic rings. The molecule has 0 unspecified atom stereocenters. The van der Waals surface area contributed by atoms with Crippen molar-refractivity contribution in [1.82, 2.24) is 19.2 Å². The van der Waals surface area contributed by atoms with Gasteiger partial charge in [-0.1, -0.05) is 11.6 Å². The Balaban J connectivity index is 1.96. The summed E-state index contributed by atoms with van der Waals surface area (Å²) < 4.78 is 2.62. The maximum Gasteiger partial charge on any atom is 0.350 e. The number of fused-ring (bicyclic) bond motifs is 3. The van der Waals surface area contributed by atoms with E-state index in [0.717, 1.165) is 10.4 Å². The Morgan fingerprint density at radius 1 is 1.17 bits per heavy atom. The van der Waals surface area contributed by atoms with E-state index in [2.05, 4.69) is 15.1 Å². The Morgan fingerprint density at radius 3 is 2.75 bits per heavy atom. The molecule has 2 N–H and O–H groups in total.